The average molecular weight is 286 g/mol. The van der Waals surface area contributed by atoms with E-state index in [9.17, 15) is 4.79 Å². The van der Waals surface area contributed by atoms with E-state index < -0.39 is 0 Å². The van der Waals surface area contributed by atoms with E-state index in [1.54, 1.807) is 0 Å². The highest BCUT2D eigenvalue weighted by atomic mass is 16.1. The Kier molecular flexibility index (Phi) is 4.47. The van der Waals surface area contributed by atoms with Gasteiger partial charge in [-0.25, -0.2) is 0 Å². The van der Waals surface area contributed by atoms with Crippen LogP contribution in [0.5, 0.6) is 0 Å². The molecule has 21 heavy (non-hydrogen) atoms. The molecule has 1 atom stereocenters. The molecule has 1 amide bonds. The van der Waals surface area contributed by atoms with Crippen molar-refractivity contribution >= 4 is 11.6 Å². The van der Waals surface area contributed by atoms with E-state index in [4.69, 9.17) is 5.73 Å². The van der Waals surface area contributed by atoms with Gasteiger partial charge in [-0.1, -0.05) is 31.7 Å². The first-order valence-corrected chi connectivity index (χ1v) is 8.43. The Hall–Kier alpha value is -1.51. The molecule has 0 spiro atoms. The number of amides is 1. The molecule has 3 rings (SSSR count). The second-order valence-corrected chi connectivity index (χ2v) is 6.60. The summed E-state index contributed by atoms with van der Waals surface area (Å²) in [5, 5.41) is 3.31. The van der Waals surface area contributed by atoms with Crippen molar-refractivity contribution in [2.75, 3.05) is 5.73 Å². The Morgan fingerprint density at radius 3 is 2.57 bits per heavy atom. The minimum absolute atomic E-state index is 0.185. The number of benzene rings is 1. The van der Waals surface area contributed by atoms with E-state index in [-0.39, 0.29) is 17.9 Å². The van der Waals surface area contributed by atoms with Crippen molar-refractivity contribution in [3.63, 3.8) is 0 Å². The molecule has 1 unspecified atom stereocenters. The van der Waals surface area contributed by atoms with Crippen LogP contribution >= 0.6 is 0 Å². The molecule has 1 aromatic rings. The minimum atomic E-state index is 0.185. The van der Waals surface area contributed by atoms with E-state index in [1.165, 1.54) is 36.8 Å². The fourth-order valence-corrected chi connectivity index (χ4v) is 3.82. The Morgan fingerprint density at radius 1 is 1.05 bits per heavy atom. The van der Waals surface area contributed by atoms with Crippen LogP contribution in [-0.4, -0.2) is 5.91 Å². The molecule has 2 aliphatic rings. The van der Waals surface area contributed by atoms with Gasteiger partial charge in [-0.2, -0.15) is 0 Å². The predicted octanol–water partition coefficient (Wildman–Crippen LogP) is 3.73. The van der Waals surface area contributed by atoms with E-state index in [0.717, 1.165) is 37.8 Å². The Bertz CT molecular complexity index is 504. The molecule has 3 N–H and O–H groups in total. The number of carbonyl (C=O) groups is 1. The third kappa shape index (κ3) is 3.39. The number of hydrogen-bond acceptors (Lipinski definition) is 2. The summed E-state index contributed by atoms with van der Waals surface area (Å²) >= 11 is 0. The van der Waals surface area contributed by atoms with Gasteiger partial charge in [0, 0.05) is 11.6 Å². The van der Waals surface area contributed by atoms with Gasteiger partial charge in [0.1, 0.15) is 0 Å². The lowest BCUT2D eigenvalue weighted by atomic mass is 9.86. The molecule has 114 valence electrons. The van der Waals surface area contributed by atoms with Crippen molar-refractivity contribution in [2.24, 2.45) is 5.92 Å². The largest absolute Gasteiger partial charge is 0.399 e. The summed E-state index contributed by atoms with van der Waals surface area (Å²) in [5.74, 6) is 0.498. The van der Waals surface area contributed by atoms with Crippen LogP contribution < -0.4 is 11.1 Å². The summed E-state index contributed by atoms with van der Waals surface area (Å²) in [6, 6.07) is 6.31. The fraction of sp³-hybridized carbons (Fsp3) is 0.611. The standard InChI is InChI=1S/C18H26N2O/c19-15-10-11-16-14(12-15)8-5-9-17(16)20-18(21)13-6-3-1-2-4-7-13/h10-13,17H,1-9,19H2,(H,20,21). The van der Waals surface area contributed by atoms with Gasteiger partial charge in [0.2, 0.25) is 5.91 Å². The quantitative estimate of drug-likeness (QED) is 0.643. The number of nitrogen functional groups attached to an aromatic ring is 1. The maximum Gasteiger partial charge on any atom is 0.223 e. The molecule has 2 aliphatic carbocycles. The highest BCUT2D eigenvalue weighted by molar-refractivity contribution is 5.79. The lowest BCUT2D eigenvalue weighted by Crippen LogP contribution is -2.35. The van der Waals surface area contributed by atoms with Gasteiger partial charge in [0.25, 0.3) is 0 Å². The Morgan fingerprint density at radius 2 is 1.81 bits per heavy atom. The lowest BCUT2D eigenvalue weighted by Gasteiger charge is -2.28. The van der Waals surface area contributed by atoms with Crippen molar-refractivity contribution in [3.8, 4) is 0 Å². The number of hydrogen-bond donors (Lipinski definition) is 2. The first kappa shape index (κ1) is 14.4. The first-order chi connectivity index (χ1) is 10.2. The summed E-state index contributed by atoms with van der Waals surface area (Å²) in [6.45, 7) is 0. The van der Waals surface area contributed by atoms with Crippen LogP contribution in [-0.2, 0) is 11.2 Å². The van der Waals surface area contributed by atoms with Gasteiger partial charge < -0.3 is 11.1 Å². The Labute approximate surface area is 127 Å². The molecule has 0 bridgehead atoms. The number of nitrogens with two attached hydrogens (primary N) is 1. The zero-order valence-electron chi connectivity index (χ0n) is 12.7. The molecule has 1 fully saturated rings. The number of anilines is 1. The van der Waals surface area contributed by atoms with E-state index in [2.05, 4.69) is 17.4 Å². The second kappa shape index (κ2) is 6.50. The molecule has 0 radical (unpaired) electrons. The first-order valence-electron chi connectivity index (χ1n) is 8.43. The smallest absolute Gasteiger partial charge is 0.223 e. The average Bonchev–Trinajstić information content (AvgIpc) is 2.76. The molecular weight excluding hydrogens is 260 g/mol. The van der Waals surface area contributed by atoms with Crippen molar-refractivity contribution in [2.45, 2.75) is 63.8 Å². The summed E-state index contributed by atoms with van der Waals surface area (Å²) in [6.07, 6.45) is 10.4. The van der Waals surface area contributed by atoms with Gasteiger partial charge in [-0.15, -0.1) is 0 Å². The van der Waals surface area contributed by atoms with Crippen LogP contribution in [0.15, 0.2) is 18.2 Å². The van der Waals surface area contributed by atoms with Crippen LogP contribution in [0.4, 0.5) is 5.69 Å². The molecule has 0 aliphatic heterocycles. The normalized spacial score (nSPS) is 23.1. The van der Waals surface area contributed by atoms with Crippen LogP contribution in [0.1, 0.15) is 68.5 Å². The summed E-state index contributed by atoms with van der Waals surface area (Å²) in [7, 11) is 0. The number of aryl methyl sites for hydroxylation is 1. The van der Waals surface area contributed by atoms with Gasteiger partial charge in [0.15, 0.2) is 0 Å². The molecule has 3 heteroatoms. The SMILES string of the molecule is Nc1ccc2c(c1)CCCC2NC(=O)C1CCCCCC1. The van der Waals surface area contributed by atoms with Crippen molar-refractivity contribution in [1.29, 1.82) is 0 Å². The molecular formula is C18H26N2O. The summed E-state index contributed by atoms with van der Waals surface area (Å²) < 4.78 is 0. The molecule has 1 aromatic carbocycles. The van der Waals surface area contributed by atoms with Crippen LogP contribution in [0.3, 0.4) is 0 Å². The van der Waals surface area contributed by atoms with Gasteiger partial charge in [-0.05, 0) is 55.4 Å². The molecule has 3 nitrogen and oxygen atoms in total. The second-order valence-electron chi connectivity index (χ2n) is 6.60. The number of fused-ring (bicyclic) bond motifs is 1. The molecule has 1 saturated carbocycles. The topological polar surface area (TPSA) is 55.1 Å². The molecule has 0 saturated heterocycles. The van der Waals surface area contributed by atoms with Crippen molar-refractivity contribution in [3.05, 3.63) is 29.3 Å². The van der Waals surface area contributed by atoms with Crippen LogP contribution in [0, 0.1) is 5.92 Å². The van der Waals surface area contributed by atoms with E-state index in [1.807, 2.05) is 6.07 Å². The zero-order chi connectivity index (χ0) is 14.7. The third-order valence-corrected chi connectivity index (χ3v) is 5.02. The van der Waals surface area contributed by atoms with Crippen molar-refractivity contribution in [1.82, 2.24) is 5.32 Å². The van der Waals surface area contributed by atoms with Crippen LogP contribution in [0.25, 0.3) is 0 Å². The van der Waals surface area contributed by atoms with E-state index in [0.29, 0.717) is 0 Å². The number of carbonyl (C=O) groups excluding carboxylic acids is 1. The molecule has 0 heterocycles. The molecule has 0 aromatic heterocycles. The third-order valence-electron chi connectivity index (χ3n) is 5.02. The maximum absolute atomic E-state index is 12.6. The monoisotopic (exact) mass is 286 g/mol. The summed E-state index contributed by atoms with van der Waals surface area (Å²) in [5.41, 5.74) is 9.29. The zero-order valence-corrected chi connectivity index (χ0v) is 12.7. The van der Waals surface area contributed by atoms with Crippen molar-refractivity contribution < 1.29 is 4.79 Å². The Balaban J connectivity index is 1.69. The fourth-order valence-electron chi connectivity index (χ4n) is 3.82. The minimum Gasteiger partial charge on any atom is -0.399 e. The maximum atomic E-state index is 12.6. The van der Waals surface area contributed by atoms with E-state index >= 15 is 0 Å². The lowest BCUT2D eigenvalue weighted by molar-refractivity contribution is -0.126. The highest BCUT2D eigenvalue weighted by Crippen LogP contribution is 2.32. The van der Waals surface area contributed by atoms with Gasteiger partial charge >= 0.3 is 0 Å². The van der Waals surface area contributed by atoms with Crippen LogP contribution in [0.2, 0.25) is 0 Å². The van der Waals surface area contributed by atoms with Gasteiger partial charge in [0.05, 0.1) is 6.04 Å². The number of nitrogens with one attached hydrogen (secondary N) is 1. The highest BCUT2D eigenvalue weighted by Gasteiger charge is 2.26. The predicted molar refractivity (Wildman–Crippen MR) is 85.9 cm³/mol. The summed E-state index contributed by atoms with van der Waals surface area (Å²) in [4.78, 5) is 12.6. The van der Waals surface area contributed by atoms with Gasteiger partial charge in [-0.3, -0.25) is 4.79 Å². The number of rotatable bonds is 2.